The first-order valence-corrected chi connectivity index (χ1v) is 9.21. The van der Waals surface area contributed by atoms with E-state index in [9.17, 15) is 39.5 Å². The summed E-state index contributed by atoms with van der Waals surface area (Å²) in [5.74, 6) is -0.368. The number of para-hydroxylation sites is 3. The molecule has 0 bridgehead atoms. The number of aromatic nitrogens is 2. The van der Waals surface area contributed by atoms with Crippen LogP contribution in [0.3, 0.4) is 0 Å². The SMILES string of the molecule is FC(F)(F)c1ccc(-c2nc3ccccc3n2-c2c(C(F)(F)F)cccc2C(F)(F)F)cc1. The van der Waals surface area contributed by atoms with Crippen molar-refractivity contribution in [1.29, 1.82) is 0 Å². The summed E-state index contributed by atoms with van der Waals surface area (Å²) in [5, 5.41) is 0. The fourth-order valence-corrected chi connectivity index (χ4v) is 3.50. The van der Waals surface area contributed by atoms with Gasteiger partial charge in [0.2, 0.25) is 0 Å². The first-order valence-electron chi connectivity index (χ1n) is 9.21. The van der Waals surface area contributed by atoms with Gasteiger partial charge in [-0.3, -0.25) is 4.57 Å². The normalized spacial score (nSPS) is 13.0. The van der Waals surface area contributed by atoms with Gasteiger partial charge in [0.25, 0.3) is 0 Å². The van der Waals surface area contributed by atoms with Gasteiger partial charge in [-0.25, -0.2) is 4.98 Å². The van der Waals surface area contributed by atoms with Crippen LogP contribution in [0.4, 0.5) is 39.5 Å². The van der Waals surface area contributed by atoms with Gasteiger partial charge in [-0.2, -0.15) is 39.5 Å². The Balaban J connectivity index is 2.10. The Labute approximate surface area is 179 Å². The average Bonchev–Trinajstić information content (AvgIpc) is 3.10. The molecule has 4 aromatic rings. The smallest absolute Gasteiger partial charge is 0.291 e. The first kappa shape index (κ1) is 22.7. The van der Waals surface area contributed by atoms with E-state index in [1.807, 2.05) is 0 Å². The van der Waals surface area contributed by atoms with E-state index < -0.39 is 40.9 Å². The highest BCUT2D eigenvalue weighted by molar-refractivity contribution is 5.84. The Morgan fingerprint density at radius 3 is 1.64 bits per heavy atom. The molecule has 0 spiro atoms. The van der Waals surface area contributed by atoms with Crippen LogP contribution < -0.4 is 0 Å². The topological polar surface area (TPSA) is 17.8 Å². The van der Waals surface area contributed by atoms with Gasteiger partial charge in [0.05, 0.1) is 33.4 Å². The molecule has 0 saturated carbocycles. The number of alkyl halides is 9. The van der Waals surface area contributed by atoms with Crippen LogP contribution in [-0.2, 0) is 18.5 Å². The minimum Gasteiger partial charge on any atom is -0.291 e. The zero-order valence-electron chi connectivity index (χ0n) is 16.1. The highest BCUT2D eigenvalue weighted by atomic mass is 19.4. The van der Waals surface area contributed by atoms with Gasteiger partial charge in [-0.15, -0.1) is 0 Å². The molecule has 0 radical (unpaired) electrons. The van der Waals surface area contributed by atoms with Crippen molar-refractivity contribution in [1.82, 2.24) is 9.55 Å². The van der Waals surface area contributed by atoms with Crippen molar-refractivity contribution in [2.75, 3.05) is 0 Å². The number of benzene rings is 3. The van der Waals surface area contributed by atoms with Crippen LogP contribution in [0.2, 0.25) is 0 Å². The lowest BCUT2D eigenvalue weighted by molar-refractivity contribution is -0.143. The highest BCUT2D eigenvalue weighted by Gasteiger charge is 2.42. The molecule has 2 nitrogen and oxygen atoms in total. The summed E-state index contributed by atoms with van der Waals surface area (Å²) in [5.41, 5.74) is -5.46. The molecule has 0 amide bonds. The molecule has 0 unspecified atom stereocenters. The summed E-state index contributed by atoms with van der Waals surface area (Å²) in [6, 6.07) is 10.5. The fraction of sp³-hybridized carbons (Fsp3) is 0.136. The van der Waals surface area contributed by atoms with Gasteiger partial charge in [0.15, 0.2) is 0 Å². The lowest BCUT2D eigenvalue weighted by Gasteiger charge is -2.21. The standard InChI is InChI=1S/C22H11F9N2/c23-20(24,25)13-10-8-12(9-11-13)19-32-16-6-1-2-7-17(16)33(19)18-14(21(26,27)28)4-3-5-15(18)22(29,30)31/h1-11H. The second-order valence-electron chi connectivity index (χ2n) is 7.03. The second kappa shape index (κ2) is 7.53. The fourth-order valence-electron chi connectivity index (χ4n) is 3.50. The summed E-state index contributed by atoms with van der Waals surface area (Å²) in [6.07, 6.45) is -15.0. The molecule has 0 aliphatic carbocycles. The summed E-state index contributed by atoms with van der Waals surface area (Å²) in [4.78, 5) is 4.14. The van der Waals surface area contributed by atoms with E-state index in [-0.39, 0.29) is 22.4 Å². The molecule has 11 heteroatoms. The van der Waals surface area contributed by atoms with Gasteiger partial charge in [0, 0.05) is 5.56 Å². The van der Waals surface area contributed by atoms with Crippen LogP contribution in [0, 0.1) is 0 Å². The van der Waals surface area contributed by atoms with E-state index in [1.54, 1.807) is 0 Å². The van der Waals surface area contributed by atoms with E-state index in [2.05, 4.69) is 4.98 Å². The molecule has 1 heterocycles. The second-order valence-corrected chi connectivity index (χ2v) is 7.03. The minimum atomic E-state index is -5.15. The Kier molecular flexibility index (Phi) is 5.18. The summed E-state index contributed by atoms with van der Waals surface area (Å²) in [7, 11) is 0. The van der Waals surface area contributed by atoms with Crippen molar-refractivity contribution in [2.45, 2.75) is 18.5 Å². The highest BCUT2D eigenvalue weighted by Crippen LogP contribution is 2.44. The molecule has 0 atom stereocenters. The van der Waals surface area contributed by atoms with E-state index in [0.717, 1.165) is 12.1 Å². The minimum absolute atomic E-state index is 0.0671. The van der Waals surface area contributed by atoms with Crippen LogP contribution in [0.5, 0.6) is 0 Å². The van der Waals surface area contributed by atoms with Crippen molar-refractivity contribution in [2.24, 2.45) is 0 Å². The third-order valence-electron chi connectivity index (χ3n) is 4.90. The average molecular weight is 474 g/mol. The Bertz CT molecular complexity index is 1280. The number of nitrogens with zero attached hydrogens (tertiary/aromatic N) is 2. The zero-order valence-corrected chi connectivity index (χ0v) is 16.1. The Morgan fingerprint density at radius 2 is 1.12 bits per heavy atom. The number of hydrogen-bond acceptors (Lipinski definition) is 1. The quantitative estimate of drug-likeness (QED) is 0.272. The third kappa shape index (κ3) is 4.14. The number of rotatable bonds is 2. The lowest BCUT2D eigenvalue weighted by atomic mass is 10.0. The zero-order chi connectivity index (χ0) is 24.2. The number of halogens is 9. The third-order valence-corrected chi connectivity index (χ3v) is 4.90. The molecule has 0 aliphatic rings. The van der Waals surface area contributed by atoms with Crippen molar-refractivity contribution < 1.29 is 39.5 Å². The Hall–Kier alpha value is -3.50. The van der Waals surface area contributed by atoms with Gasteiger partial charge in [-0.1, -0.05) is 30.3 Å². The van der Waals surface area contributed by atoms with Gasteiger partial charge >= 0.3 is 18.5 Å². The van der Waals surface area contributed by atoms with Gasteiger partial charge < -0.3 is 0 Å². The predicted molar refractivity (Wildman–Crippen MR) is 102 cm³/mol. The van der Waals surface area contributed by atoms with Crippen molar-refractivity contribution in [3.8, 4) is 17.1 Å². The van der Waals surface area contributed by atoms with E-state index in [0.29, 0.717) is 34.9 Å². The molecule has 1 aromatic heterocycles. The maximum absolute atomic E-state index is 13.8. The molecule has 0 saturated heterocycles. The van der Waals surface area contributed by atoms with E-state index in [4.69, 9.17) is 0 Å². The van der Waals surface area contributed by atoms with E-state index in [1.165, 1.54) is 24.3 Å². The molecular formula is C22H11F9N2. The molecule has 33 heavy (non-hydrogen) atoms. The number of hydrogen-bond donors (Lipinski definition) is 0. The maximum Gasteiger partial charge on any atom is 0.418 e. The molecule has 0 N–H and O–H groups in total. The molecule has 3 aromatic carbocycles. The maximum atomic E-state index is 13.8. The summed E-state index contributed by atoms with van der Waals surface area (Å²) >= 11 is 0. The van der Waals surface area contributed by atoms with Crippen LogP contribution in [0.25, 0.3) is 28.1 Å². The first-order chi connectivity index (χ1) is 15.3. The van der Waals surface area contributed by atoms with Crippen molar-refractivity contribution in [3.63, 3.8) is 0 Å². The van der Waals surface area contributed by atoms with Crippen molar-refractivity contribution in [3.05, 3.63) is 83.4 Å². The molecule has 0 aliphatic heterocycles. The van der Waals surface area contributed by atoms with Crippen LogP contribution >= 0.6 is 0 Å². The predicted octanol–water partition coefficient (Wildman–Crippen LogP) is 7.75. The molecular weight excluding hydrogens is 463 g/mol. The monoisotopic (exact) mass is 474 g/mol. The summed E-state index contributed by atoms with van der Waals surface area (Å²) < 4.78 is 122. The van der Waals surface area contributed by atoms with Gasteiger partial charge in [0.1, 0.15) is 5.82 Å². The van der Waals surface area contributed by atoms with Crippen LogP contribution in [0.15, 0.2) is 66.7 Å². The molecule has 172 valence electrons. The summed E-state index contributed by atoms with van der Waals surface area (Å²) in [6.45, 7) is 0. The number of imidazole rings is 1. The van der Waals surface area contributed by atoms with Crippen LogP contribution in [0.1, 0.15) is 16.7 Å². The number of fused-ring (bicyclic) bond motifs is 1. The Morgan fingerprint density at radius 1 is 0.576 bits per heavy atom. The molecule has 4 rings (SSSR count). The van der Waals surface area contributed by atoms with Crippen molar-refractivity contribution >= 4 is 11.0 Å². The largest absolute Gasteiger partial charge is 0.418 e. The molecule has 0 fully saturated rings. The van der Waals surface area contributed by atoms with E-state index >= 15 is 0 Å². The van der Waals surface area contributed by atoms with Gasteiger partial charge in [-0.05, 0) is 36.4 Å². The van der Waals surface area contributed by atoms with Crippen LogP contribution in [-0.4, -0.2) is 9.55 Å². The lowest BCUT2D eigenvalue weighted by Crippen LogP contribution is -2.18.